The molecule has 1 heterocycles. The fourth-order valence-electron chi connectivity index (χ4n) is 0.861. The molecule has 0 saturated heterocycles. The first-order valence-electron chi connectivity index (χ1n) is 4.32. The molecule has 0 aliphatic heterocycles. The van der Waals surface area contributed by atoms with Gasteiger partial charge >= 0.3 is 0 Å². The summed E-state index contributed by atoms with van der Waals surface area (Å²) in [6, 6.07) is 9.37. The van der Waals surface area contributed by atoms with Crippen LogP contribution >= 0.6 is 0 Å². The van der Waals surface area contributed by atoms with E-state index >= 15 is 0 Å². The largest absolute Gasteiger partial charge is 0.346 e. The Morgan fingerprint density at radius 1 is 1.33 bits per heavy atom. The van der Waals surface area contributed by atoms with Gasteiger partial charge in [-0.15, -0.1) is 5.10 Å². The molecule has 0 atom stereocenters. The molecule has 2 aromatic rings. The van der Waals surface area contributed by atoms with E-state index in [1.54, 1.807) is 0 Å². The van der Waals surface area contributed by atoms with Gasteiger partial charge in [-0.3, -0.25) is 4.79 Å². The Morgan fingerprint density at radius 2 is 2.07 bits per heavy atom. The number of benzene rings is 1. The average Bonchev–Trinajstić information content (AvgIpc) is 2.76. The van der Waals surface area contributed by atoms with Crippen molar-refractivity contribution in [2.75, 3.05) is 5.32 Å². The van der Waals surface area contributed by atoms with Crippen LogP contribution in [0.15, 0.2) is 47.3 Å². The smallest absolute Gasteiger partial charge is 0.221 e. The number of nitrogens with one attached hydrogen (secondary N) is 1. The van der Waals surface area contributed by atoms with Crippen molar-refractivity contribution in [3.05, 3.63) is 42.8 Å². The summed E-state index contributed by atoms with van der Waals surface area (Å²) in [7, 11) is 0. The predicted molar refractivity (Wildman–Crippen MR) is 55.0 cm³/mol. The van der Waals surface area contributed by atoms with E-state index in [-0.39, 0.29) is 5.91 Å². The van der Waals surface area contributed by atoms with Crippen molar-refractivity contribution in [2.45, 2.75) is 6.92 Å². The lowest BCUT2D eigenvalue weighted by Crippen LogP contribution is -2.04. The van der Waals surface area contributed by atoms with Crippen molar-refractivity contribution in [3.8, 4) is 0 Å². The molecule has 1 aromatic carbocycles. The Labute approximate surface area is 87.1 Å². The fourth-order valence-corrected chi connectivity index (χ4v) is 0.861. The molecule has 0 aliphatic rings. The number of hydrogen-bond acceptors (Lipinski definition) is 4. The second-order valence-electron chi connectivity index (χ2n) is 2.63. The van der Waals surface area contributed by atoms with Crippen LogP contribution in [0.4, 0.5) is 5.69 Å². The maximum atomic E-state index is 10.5. The molecule has 0 bridgehead atoms. The summed E-state index contributed by atoms with van der Waals surface area (Å²) in [6.07, 6.45) is 2.88. The Morgan fingerprint density at radius 3 is 2.47 bits per heavy atom. The van der Waals surface area contributed by atoms with Gasteiger partial charge < -0.3 is 9.84 Å². The maximum Gasteiger partial charge on any atom is 0.221 e. The summed E-state index contributed by atoms with van der Waals surface area (Å²) in [5, 5.41) is 9.07. The number of anilines is 1. The van der Waals surface area contributed by atoms with Crippen molar-refractivity contribution in [1.29, 1.82) is 0 Å². The highest BCUT2D eigenvalue weighted by molar-refractivity contribution is 5.88. The molecule has 5 nitrogen and oxygen atoms in total. The minimum atomic E-state index is -0.0359. The first kappa shape index (κ1) is 10.9. The van der Waals surface area contributed by atoms with Crippen molar-refractivity contribution < 1.29 is 9.32 Å². The summed E-state index contributed by atoms with van der Waals surface area (Å²) in [4.78, 5) is 10.5. The zero-order chi connectivity index (χ0) is 10.9. The minimum absolute atomic E-state index is 0.0359. The maximum absolute atomic E-state index is 10.5. The number of nitrogens with zero attached hydrogens (tertiary/aromatic N) is 2. The van der Waals surface area contributed by atoms with Crippen LogP contribution in [0.1, 0.15) is 6.92 Å². The Bertz CT molecular complexity index is 356. The third kappa shape index (κ3) is 5.20. The molecule has 78 valence electrons. The van der Waals surface area contributed by atoms with Crippen molar-refractivity contribution in [2.24, 2.45) is 0 Å². The van der Waals surface area contributed by atoms with Gasteiger partial charge in [-0.2, -0.15) is 0 Å². The molecule has 1 N–H and O–H groups in total. The van der Waals surface area contributed by atoms with Gasteiger partial charge in [-0.05, 0) is 12.1 Å². The van der Waals surface area contributed by atoms with Gasteiger partial charge in [0.05, 0.1) is 6.20 Å². The van der Waals surface area contributed by atoms with E-state index in [2.05, 4.69) is 20.2 Å². The van der Waals surface area contributed by atoms with Crippen molar-refractivity contribution >= 4 is 11.6 Å². The molecule has 0 aliphatic carbocycles. The van der Waals surface area contributed by atoms with Gasteiger partial charge in [0, 0.05) is 17.9 Å². The fraction of sp³-hybridized carbons (Fsp3) is 0.100. The summed E-state index contributed by atoms with van der Waals surface area (Å²) < 4.78 is 4.22. The first-order valence-corrected chi connectivity index (χ1v) is 4.32. The lowest BCUT2D eigenvalue weighted by Gasteiger charge is -1.98. The van der Waals surface area contributed by atoms with Crippen LogP contribution in [0.2, 0.25) is 0 Å². The van der Waals surface area contributed by atoms with Gasteiger partial charge in [0.15, 0.2) is 0 Å². The Hall–Kier alpha value is -2.17. The predicted octanol–water partition coefficient (Wildman–Crippen LogP) is 1.71. The summed E-state index contributed by atoms with van der Waals surface area (Å²) >= 11 is 0. The molecule has 5 heteroatoms. The lowest BCUT2D eigenvalue weighted by atomic mass is 10.3. The number of amides is 1. The highest BCUT2D eigenvalue weighted by atomic mass is 16.5. The minimum Gasteiger partial charge on any atom is -0.346 e. The number of para-hydroxylation sites is 1. The van der Waals surface area contributed by atoms with Gasteiger partial charge in [0.1, 0.15) is 6.26 Å². The lowest BCUT2D eigenvalue weighted by molar-refractivity contribution is -0.114. The highest BCUT2D eigenvalue weighted by Crippen LogP contribution is 2.03. The molecule has 0 radical (unpaired) electrons. The van der Waals surface area contributed by atoms with Gasteiger partial charge in [0.2, 0.25) is 5.91 Å². The third-order valence-corrected chi connectivity index (χ3v) is 1.38. The van der Waals surface area contributed by atoms with E-state index < -0.39 is 0 Å². The number of aromatic nitrogens is 2. The molecule has 0 spiro atoms. The highest BCUT2D eigenvalue weighted by Gasteiger charge is 1.90. The Kier molecular flexibility index (Phi) is 4.59. The summed E-state index contributed by atoms with van der Waals surface area (Å²) in [5.41, 5.74) is 0.843. The second-order valence-corrected chi connectivity index (χ2v) is 2.63. The molecule has 0 fully saturated rings. The molecule has 0 saturated carbocycles. The third-order valence-electron chi connectivity index (χ3n) is 1.38. The van der Waals surface area contributed by atoms with Gasteiger partial charge in [-0.25, -0.2) is 0 Å². The topological polar surface area (TPSA) is 68.0 Å². The van der Waals surface area contributed by atoms with Crippen LogP contribution in [-0.2, 0) is 4.79 Å². The van der Waals surface area contributed by atoms with E-state index in [9.17, 15) is 4.79 Å². The zero-order valence-corrected chi connectivity index (χ0v) is 8.25. The van der Waals surface area contributed by atoms with Gasteiger partial charge in [-0.1, -0.05) is 18.2 Å². The molecular weight excluding hydrogens is 194 g/mol. The monoisotopic (exact) mass is 205 g/mol. The molecule has 1 amide bonds. The molecule has 15 heavy (non-hydrogen) atoms. The number of carbonyl (C=O) groups is 1. The standard InChI is InChI=1S/C8H9NO.C2H2N2O/c1-7(10)9-8-5-3-2-4-6-8;1-2-5-4-3-1/h2-6H,1H3,(H,9,10);1-2H. The normalized spacial score (nSPS) is 8.60. The number of carbonyl (C=O) groups excluding carboxylic acids is 1. The zero-order valence-electron chi connectivity index (χ0n) is 8.25. The quantitative estimate of drug-likeness (QED) is 0.769. The SMILES string of the molecule is CC(=O)Nc1ccccc1.c1conn1. The van der Waals surface area contributed by atoms with Crippen LogP contribution in [-0.4, -0.2) is 16.3 Å². The van der Waals surface area contributed by atoms with Crippen LogP contribution < -0.4 is 5.32 Å². The Balaban J connectivity index is 0.000000187. The van der Waals surface area contributed by atoms with Crippen LogP contribution in [0.5, 0.6) is 0 Å². The van der Waals surface area contributed by atoms with Crippen molar-refractivity contribution in [1.82, 2.24) is 10.4 Å². The van der Waals surface area contributed by atoms with E-state index in [1.165, 1.54) is 19.4 Å². The van der Waals surface area contributed by atoms with E-state index in [0.717, 1.165) is 5.69 Å². The number of hydrogen-bond donors (Lipinski definition) is 1. The van der Waals surface area contributed by atoms with E-state index in [4.69, 9.17) is 0 Å². The van der Waals surface area contributed by atoms with Crippen LogP contribution in [0.3, 0.4) is 0 Å². The molecule has 2 rings (SSSR count). The molecule has 1 aromatic heterocycles. The second kappa shape index (κ2) is 6.31. The summed E-state index contributed by atoms with van der Waals surface area (Å²) in [6.45, 7) is 1.49. The van der Waals surface area contributed by atoms with E-state index in [1.807, 2.05) is 30.3 Å². The van der Waals surface area contributed by atoms with Gasteiger partial charge in [0.25, 0.3) is 0 Å². The van der Waals surface area contributed by atoms with E-state index in [0.29, 0.717) is 0 Å². The average molecular weight is 205 g/mol. The molecular formula is C10H11N3O2. The number of rotatable bonds is 1. The first-order chi connectivity index (χ1) is 7.29. The van der Waals surface area contributed by atoms with Crippen LogP contribution in [0, 0.1) is 0 Å². The summed E-state index contributed by atoms with van der Waals surface area (Å²) in [5.74, 6) is -0.0359. The molecule has 0 unspecified atom stereocenters. The van der Waals surface area contributed by atoms with Crippen molar-refractivity contribution in [3.63, 3.8) is 0 Å². The van der Waals surface area contributed by atoms with Crippen LogP contribution in [0.25, 0.3) is 0 Å².